The molecule has 1 aliphatic rings. The summed E-state index contributed by atoms with van der Waals surface area (Å²) in [6.07, 6.45) is 4.28. The normalized spacial score (nSPS) is 22.6. The van der Waals surface area contributed by atoms with Gasteiger partial charge in [0.05, 0.1) is 18.8 Å². The van der Waals surface area contributed by atoms with Crippen molar-refractivity contribution in [2.45, 2.75) is 38.8 Å². The summed E-state index contributed by atoms with van der Waals surface area (Å²) in [7, 11) is 0. The lowest BCUT2D eigenvalue weighted by Gasteiger charge is -2.24. The number of aromatic nitrogens is 1. The molecule has 0 aromatic carbocycles. The third-order valence-electron chi connectivity index (χ3n) is 2.91. The predicted molar refractivity (Wildman–Crippen MR) is 68.2 cm³/mol. The standard InChI is InChI=1S/C12H20N2O2S/c1-3-11-7-14-12(17-11)9(2)13-6-10-4-5-15-8-16-10/h7,9-10,13H,3-6,8H2,1-2H3. The van der Waals surface area contributed by atoms with Gasteiger partial charge in [-0.1, -0.05) is 6.92 Å². The maximum absolute atomic E-state index is 5.49. The SMILES string of the molecule is CCc1cnc(C(C)NCC2CCOCO2)s1. The van der Waals surface area contributed by atoms with Crippen LogP contribution in [0.5, 0.6) is 0 Å². The Bertz CT molecular complexity index is 337. The van der Waals surface area contributed by atoms with Crippen molar-refractivity contribution in [1.29, 1.82) is 0 Å². The Labute approximate surface area is 106 Å². The molecule has 0 bridgehead atoms. The fraction of sp³-hybridized carbons (Fsp3) is 0.750. The molecule has 17 heavy (non-hydrogen) atoms. The van der Waals surface area contributed by atoms with Gasteiger partial charge in [0.15, 0.2) is 0 Å². The average Bonchev–Trinajstić information content (AvgIpc) is 2.86. The van der Waals surface area contributed by atoms with E-state index in [4.69, 9.17) is 9.47 Å². The molecule has 2 rings (SSSR count). The minimum absolute atomic E-state index is 0.275. The number of rotatable bonds is 5. The Kier molecular flexibility index (Phi) is 4.91. The molecule has 0 radical (unpaired) electrons. The van der Waals surface area contributed by atoms with Gasteiger partial charge in [-0.25, -0.2) is 4.98 Å². The third-order valence-corrected chi connectivity index (χ3v) is 4.24. The summed E-state index contributed by atoms with van der Waals surface area (Å²) in [4.78, 5) is 5.78. The maximum Gasteiger partial charge on any atom is 0.147 e. The molecule has 1 N–H and O–H groups in total. The highest BCUT2D eigenvalue weighted by Gasteiger charge is 2.16. The first-order valence-corrected chi connectivity index (χ1v) is 6.98. The number of nitrogens with one attached hydrogen (secondary N) is 1. The fourth-order valence-electron chi connectivity index (χ4n) is 1.74. The zero-order valence-corrected chi connectivity index (χ0v) is 11.3. The van der Waals surface area contributed by atoms with Crippen LogP contribution < -0.4 is 5.32 Å². The minimum Gasteiger partial charge on any atom is -0.355 e. The number of aryl methyl sites for hydroxylation is 1. The lowest BCUT2D eigenvalue weighted by Crippen LogP contribution is -2.35. The van der Waals surface area contributed by atoms with Crippen molar-refractivity contribution in [3.8, 4) is 0 Å². The van der Waals surface area contributed by atoms with Crippen molar-refractivity contribution in [2.24, 2.45) is 0 Å². The van der Waals surface area contributed by atoms with E-state index in [0.717, 1.165) is 31.0 Å². The second-order valence-corrected chi connectivity index (χ2v) is 5.40. The molecule has 2 atom stereocenters. The molecule has 1 aliphatic heterocycles. The van der Waals surface area contributed by atoms with E-state index in [1.807, 2.05) is 6.20 Å². The number of nitrogens with zero attached hydrogens (tertiary/aromatic N) is 1. The Balaban J connectivity index is 1.77. The van der Waals surface area contributed by atoms with Gasteiger partial charge in [0.2, 0.25) is 0 Å². The molecular formula is C12H20N2O2S. The molecule has 1 aromatic heterocycles. The van der Waals surface area contributed by atoms with Gasteiger partial charge >= 0.3 is 0 Å². The van der Waals surface area contributed by atoms with Crippen molar-refractivity contribution in [2.75, 3.05) is 19.9 Å². The number of hydrogen-bond donors (Lipinski definition) is 1. The minimum atomic E-state index is 0.275. The highest BCUT2D eigenvalue weighted by molar-refractivity contribution is 7.11. The van der Waals surface area contributed by atoms with Crippen molar-refractivity contribution >= 4 is 11.3 Å². The van der Waals surface area contributed by atoms with E-state index in [-0.39, 0.29) is 6.10 Å². The smallest absolute Gasteiger partial charge is 0.147 e. The molecule has 96 valence electrons. The molecule has 1 aromatic rings. The quantitative estimate of drug-likeness (QED) is 0.876. The first-order valence-electron chi connectivity index (χ1n) is 6.17. The fourth-order valence-corrected chi connectivity index (χ4v) is 2.63. The van der Waals surface area contributed by atoms with Gasteiger partial charge in [-0.15, -0.1) is 11.3 Å². The molecule has 1 saturated heterocycles. The predicted octanol–water partition coefficient (Wildman–Crippen LogP) is 2.12. The Morgan fingerprint density at radius 1 is 1.65 bits per heavy atom. The van der Waals surface area contributed by atoms with Crippen molar-refractivity contribution in [3.63, 3.8) is 0 Å². The molecule has 2 unspecified atom stereocenters. The lowest BCUT2D eigenvalue weighted by molar-refractivity contribution is -0.137. The van der Waals surface area contributed by atoms with Gasteiger partial charge in [-0.05, 0) is 19.8 Å². The summed E-state index contributed by atoms with van der Waals surface area (Å²) < 4.78 is 10.6. The number of ether oxygens (including phenoxy) is 2. The zero-order valence-electron chi connectivity index (χ0n) is 10.4. The van der Waals surface area contributed by atoms with Crippen LogP contribution in [0.4, 0.5) is 0 Å². The van der Waals surface area contributed by atoms with Crippen LogP contribution in [0.1, 0.15) is 36.2 Å². The zero-order chi connectivity index (χ0) is 12.1. The monoisotopic (exact) mass is 256 g/mol. The Hall–Kier alpha value is -0.490. The molecular weight excluding hydrogens is 236 g/mol. The van der Waals surface area contributed by atoms with Gasteiger partial charge in [0.1, 0.15) is 11.8 Å². The van der Waals surface area contributed by atoms with Gasteiger partial charge < -0.3 is 14.8 Å². The van der Waals surface area contributed by atoms with Crippen LogP contribution in [-0.2, 0) is 15.9 Å². The van der Waals surface area contributed by atoms with E-state index in [1.165, 1.54) is 4.88 Å². The lowest BCUT2D eigenvalue weighted by atomic mass is 10.2. The summed E-state index contributed by atoms with van der Waals surface area (Å²) in [5, 5.41) is 4.63. The summed E-state index contributed by atoms with van der Waals surface area (Å²) >= 11 is 1.79. The molecule has 0 aliphatic carbocycles. The second kappa shape index (κ2) is 6.44. The number of hydrogen-bond acceptors (Lipinski definition) is 5. The van der Waals surface area contributed by atoms with Crippen LogP contribution in [0.25, 0.3) is 0 Å². The van der Waals surface area contributed by atoms with Crippen LogP contribution in [0.15, 0.2) is 6.20 Å². The van der Waals surface area contributed by atoms with Crippen molar-refractivity contribution < 1.29 is 9.47 Å². The average molecular weight is 256 g/mol. The summed E-state index contributed by atoms with van der Waals surface area (Å²) in [6, 6.07) is 0.298. The summed E-state index contributed by atoms with van der Waals surface area (Å²) in [5.41, 5.74) is 0. The van der Waals surface area contributed by atoms with E-state index in [9.17, 15) is 0 Å². The topological polar surface area (TPSA) is 43.4 Å². The van der Waals surface area contributed by atoms with Crippen LogP contribution in [-0.4, -0.2) is 31.0 Å². The van der Waals surface area contributed by atoms with E-state index < -0.39 is 0 Å². The van der Waals surface area contributed by atoms with E-state index in [2.05, 4.69) is 24.1 Å². The Morgan fingerprint density at radius 2 is 2.53 bits per heavy atom. The van der Waals surface area contributed by atoms with E-state index >= 15 is 0 Å². The van der Waals surface area contributed by atoms with Crippen molar-refractivity contribution in [1.82, 2.24) is 10.3 Å². The van der Waals surface area contributed by atoms with Crippen LogP contribution in [0, 0.1) is 0 Å². The van der Waals surface area contributed by atoms with Crippen LogP contribution >= 0.6 is 11.3 Å². The third kappa shape index (κ3) is 3.74. The van der Waals surface area contributed by atoms with E-state index in [0.29, 0.717) is 12.8 Å². The van der Waals surface area contributed by atoms with Crippen molar-refractivity contribution in [3.05, 3.63) is 16.1 Å². The van der Waals surface area contributed by atoms with Gasteiger partial charge in [0, 0.05) is 17.6 Å². The Morgan fingerprint density at radius 3 is 3.18 bits per heavy atom. The summed E-state index contributed by atoms with van der Waals surface area (Å²) in [6.45, 7) is 6.41. The largest absolute Gasteiger partial charge is 0.355 e. The highest BCUT2D eigenvalue weighted by atomic mass is 32.1. The molecule has 5 heteroatoms. The maximum atomic E-state index is 5.49. The first-order chi connectivity index (χ1) is 8.29. The molecule has 0 amide bonds. The summed E-state index contributed by atoms with van der Waals surface area (Å²) in [5.74, 6) is 0. The molecule has 4 nitrogen and oxygen atoms in total. The molecule has 0 saturated carbocycles. The molecule has 2 heterocycles. The van der Waals surface area contributed by atoms with Gasteiger partial charge in [-0.2, -0.15) is 0 Å². The highest BCUT2D eigenvalue weighted by Crippen LogP contribution is 2.20. The van der Waals surface area contributed by atoms with Gasteiger partial charge in [0.25, 0.3) is 0 Å². The van der Waals surface area contributed by atoms with E-state index in [1.54, 1.807) is 11.3 Å². The first kappa shape index (κ1) is 13.0. The molecule has 0 spiro atoms. The second-order valence-electron chi connectivity index (χ2n) is 4.25. The van der Waals surface area contributed by atoms with Crippen LogP contribution in [0.3, 0.4) is 0 Å². The number of thiazole rings is 1. The molecule has 1 fully saturated rings. The van der Waals surface area contributed by atoms with Crippen LogP contribution in [0.2, 0.25) is 0 Å². The van der Waals surface area contributed by atoms with Gasteiger partial charge in [-0.3, -0.25) is 0 Å².